The molecule has 0 aliphatic heterocycles. The van der Waals surface area contributed by atoms with Crippen LogP contribution in [0.5, 0.6) is 0 Å². The van der Waals surface area contributed by atoms with Gasteiger partial charge in [-0.15, -0.1) is 10.2 Å². The lowest BCUT2D eigenvalue weighted by Gasteiger charge is -2.20. The second-order valence-corrected chi connectivity index (χ2v) is 6.97. The topological polar surface area (TPSA) is 77.0 Å². The second kappa shape index (κ2) is 8.41. The minimum Gasteiger partial charge on any atom is -0.335 e. The lowest BCUT2D eigenvalue weighted by molar-refractivity contribution is -0.116. The Morgan fingerprint density at radius 2 is 1.85 bits per heavy atom. The molecule has 1 amide bonds. The van der Waals surface area contributed by atoms with Crippen LogP contribution in [0.15, 0.2) is 53.7 Å². The van der Waals surface area contributed by atoms with Crippen LogP contribution in [0.25, 0.3) is 11.4 Å². The number of carbonyl (C=O) groups excluding carboxylic acids is 1. The number of anilines is 1. The molecule has 3 aromatic rings. The van der Waals surface area contributed by atoms with Crippen molar-refractivity contribution in [3.8, 4) is 11.4 Å². The van der Waals surface area contributed by atoms with E-state index in [1.165, 1.54) is 28.6 Å². The number of amides is 1. The van der Waals surface area contributed by atoms with Crippen molar-refractivity contribution in [1.82, 2.24) is 14.9 Å². The van der Waals surface area contributed by atoms with Crippen molar-refractivity contribution < 1.29 is 9.18 Å². The van der Waals surface area contributed by atoms with Crippen LogP contribution in [0.3, 0.4) is 0 Å². The summed E-state index contributed by atoms with van der Waals surface area (Å²) in [6.45, 7) is 2.33. The number of hydrogen-bond acceptors (Lipinski definition) is 5. The number of nitrogens with two attached hydrogens (primary N) is 1. The predicted molar refractivity (Wildman–Crippen MR) is 106 cm³/mol. The van der Waals surface area contributed by atoms with E-state index in [0.717, 1.165) is 5.56 Å². The van der Waals surface area contributed by atoms with Crippen LogP contribution in [-0.4, -0.2) is 33.1 Å². The minimum absolute atomic E-state index is 0.126. The molecule has 0 fully saturated rings. The van der Waals surface area contributed by atoms with Gasteiger partial charge in [0.2, 0.25) is 11.1 Å². The number of benzene rings is 2. The molecule has 0 unspecified atom stereocenters. The molecule has 0 spiro atoms. The Morgan fingerprint density at radius 3 is 2.48 bits per heavy atom. The molecule has 140 valence electrons. The molecule has 1 heterocycles. The number of nitrogens with zero attached hydrogens (tertiary/aromatic N) is 4. The van der Waals surface area contributed by atoms with Crippen LogP contribution in [0.4, 0.5) is 10.1 Å². The molecular weight excluding hydrogens is 389 g/mol. The third-order valence-corrected chi connectivity index (χ3v) is 5.03. The van der Waals surface area contributed by atoms with Gasteiger partial charge in [0.15, 0.2) is 5.82 Å². The average molecular weight is 406 g/mol. The van der Waals surface area contributed by atoms with E-state index < -0.39 is 0 Å². The maximum absolute atomic E-state index is 13.1. The molecule has 9 heteroatoms. The quantitative estimate of drug-likeness (QED) is 0.501. The number of rotatable bonds is 6. The van der Waals surface area contributed by atoms with Crippen LogP contribution in [0.2, 0.25) is 5.02 Å². The molecule has 2 aromatic carbocycles. The summed E-state index contributed by atoms with van der Waals surface area (Å²) in [6.07, 6.45) is 0. The van der Waals surface area contributed by atoms with Crippen LogP contribution in [0.1, 0.15) is 6.92 Å². The van der Waals surface area contributed by atoms with Gasteiger partial charge in [0.25, 0.3) is 0 Å². The Bertz CT molecular complexity index is 930. The highest BCUT2D eigenvalue weighted by atomic mass is 35.5. The highest BCUT2D eigenvalue weighted by molar-refractivity contribution is 7.99. The Hall–Kier alpha value is -2.58. The van der Waals surface area contributed by atoms with Gasteiger partial charge in [0, 0.05) is 22.8 Å². The van der Waals surface area contributed by atoms with E-state index in [1.807, 2.05) is 6.92 Å². The van der Waals surface area contributed by atoms with Crippen molar-refractivity contribution >= 4 is 35.0 Å². The fourth-order valence-corrected chi connectivity index (χ4v) is 3.36. The van der Waals surface area contributed by atoms with Gasteiger partial charge in [0.1, 0.15) is 5.82 Å². The fourth-order valence-electron chi connectivity index (χ4n) is 2.50. The maximum atomic E-state index is 13.1. The van der Waals surface area contributed by atoms with E-state index >= 15 is 0 Å². The lowest BCUT2D eigenvalue weighted by atomic mass is 10.2. The van der Waals surface area contributed by atoms with E-state index in [4.69, 9.17) is 17.4 Å². The van der Waals surface area contributed by atoms with E-state index in [-0.39, 0.29) is 17.5 Å². The molecule has 0 atom stereocenters. The van der Waals surface area contributed by atoms with Crippen molar-refractivity contribution in [2.75, 3.05) is 23.0 Å². The van der Waals surface area contributed by atoms with Gasteiger partial charge in [-0.2, -0.15) is 0 Å². The number of carbonyl (C=O) groups is 1. The van der Waals surface area contributed by atoms with Crippen molar-refractivity contribution in [2.24, 2.45) is 0 Å². The molecule has 0 bridgehead atoms. The summed E-state index contributed by atoms with van der Waals surface area (Å²) in [5, 5.41) is 9.17. The molecule has 0 saturated carbocycles. The molecule has 3 rings (SSSR count). The van der Waals surface area contributed by atoms with Gasteiger partial charge in [-0.1, -0.05) is 23.4 Å². The summed E-state index contributed by atoms with van der Waals surface area (Å²) in [5.41, 5.74) is 1.41. The van der Waals surface area contributed by atoms with Gasteiger partial charge >= 0.3 is 0 Å². The summed E-state index contributed by atoms with van der Waals surface area (Å²) in [7, 11) is 0. The normalized spacial score (nSPS) is 10.8. The van der Waals surface area contributed by atoms with E-state index in [2.05, 4.69) is 10.2 Å². The second-order valence-electron chi connectivity index (χ2n) is 5.59. The highest BCUT2D eigenvalue weighted by Gasteiger charge is 2.18. The van der Waals surface area contributed by atoms with Crippen LogP contribution < -0.4 is 10.7 Å². The number of hydrogen-bond donors (Lipinski definition) is 1. The molecule has 0 aliphatic rings. The lowest BCUT2D eigenvalue weighted by Crippen LogP contribution is -2.32. The number of halogens is 2. The fraction of sp³-hybridized carbons (Fsp3) is 0.167. The van der Waals surface area contributed by atoms with Gasteiger partial charge in [-0.3, -0.25) is 4.79 Å². The zero-order valence-corrected chi connectivity index (χ0v) is 16.0. The molecule has 2 N–H and O–H groups in total. The van der Waals surface area contributed by atoms with Gasteiger partial charge in [0.05, 0.1) is 5.75 Å². The molecular formula is C18H17ClFN5OS. The first-order valence-corrected chi connectivity index (χ1v) is 9.51. The standard InChI is InChI=1S/C18H17ClFN5OS/c1-2-24(15-9-7-14(20)8-10-15)16(26)11-27-18-23-22-17(25(18)21)12-3-5-13(19)6-4-12/h3-10H,2,11,21H2,1H3. The van der Waals surface area contributed by atoms with E-state index in [1.54, 1.807) is 41.3 Å². The number of thioether (sulfide) groups is 1. The summed E-state index contributed by atoms with van der Waals surface area (Å²) in [5.74, 6) is 6.19. The molecule has 0 radical (unpaired) electrons. The van der Waals surface area contributed by atoms with Crippen molar-refractivity contribution in [1.29, 1.82) is 0 Å². The average Bonchev–Trinajstić information content (AvgIpc) is 3.03. The predicted octanol–water partition coefficient (Wildman–Crippen LogP) is 3.60. The molecule has 0 saturated heterocycles. The Kier molecular flexibility index (Phi) is 5.98. The van der Waals surface area contributed by atoms with Crippen LogP contribution >= 0.6 is 23.4 Å². The number of nitrogen functional groups attached to an aromatic ring is 1. The first-order valence-electron chi connectivity index (χ1n) is 8.14. The molecule has 0 aliphatic carbocycles. The highest BCUT2D eigenvalue weighted by Crippen LogP contribution is 2.24. The summed E-state index contributed by atoms with van der Waals surface area (Å²) in [6, 6.07) is 12.9. The van der Waals surface area contributed by atoms with Crippen LogP contribution in [0, 0.1) is 5.82 Å². The monoisotopic (exact) mass is 405 g/mol. The van der Waals surface area contributed by atoms with Gasteiger partial charge in [-0.25, -0.2) is 9.07 Å². The van der Waals surface area contributed by atoms with Crippen LogP contribution in [-0.2, 0) is 4.79 Å². The summed E-state index contributed by atoms with van der Waals surface area (Å²) < 4.78 is 14.4. The van der Waals surface area contributed by atoms with E-state index in [0.29, 0.717) is 28.2 Å². The first-order chi connectivity index (χ1) is 13.0. The smallest absolute Gasteiger partial charge is 0.237 e. The summed E-state index contributed by atoms with van der Waals surface area (Å²) in [4.78, 5) is 14.1. The van der Waals surface area contributed by atoms with Gasteiger partial charge in [-0.05, 0) is 55.5 Å². The van der Waals surface area contributed by atoms with Gasteiger partial charge < -0.3 is 10.7 Å². The van der Waals surface area contributed by atoms with Crippen molar-refractivity contribution in [3.05, 3.63) is 59.4 Å². The van der Waals surface area contributed by atoms with E-state index in [9.17, 15) is 9.18 Å². The SMILES string of the molecule is CCN(C(=O)CSc1nnc(-c2ccc(Cl)cc2)n1N)c1ccc(F)cc1. The third kappa shape index (κ3) is 4.40. The first kappa shape index (κ1) is 19.2. The third-order valence-electron chi connectivity index (χ3n) is 3.85. The largest absolute Gasteiger partial charge is 0.335 e. The van der Waals surface area contributed by atoms with Crippen molar-refractivity contribution in [3.63, 3.8) is 0 Å². The zero-order chi connectivity index (χ0) is 19.4. The van der Waals surface area contributed by atoms with Crippen molar-refractivity contribution in [2.45, 2.75) is 12.1 Å². The molecule has 1 aromatic heterocycles. The zero-order valence-electron chi connectivity index (χ0n) is 14.5. The Labute approximate surface area is 165 Å². The Balaban J connectivity index is 1.70. The Morgan fingerprint density at radius 1 is 1.19 bits per heavy atom. The minimum atomic E-state index is -0.345. The number of aromatic nitrogens is 3. The summed E-state index contributed by atoms with van der Waals surface area (Å²) >= 11 is 7.08. The molecule has 6 nitrogen and oxygen atoms in total. The molecule has 27 heavy (non-hydrogen) atoms. The maximum Gasteiger partial charge on any atom is 0.237 e.